The fraction of sp³-hybridized carbons (Fsp3) is 0.750. The lowest BCUT2D eigenvalue weighted by Gasteiger charge is -2.12. The third kappa shape index (κ3) is 7.31. The van der Waals surface area contributed by atoms with Crippen molar-refractivity contribution in [3.05, 3.63) is 0 Å². The molecule has 0 bridgehead atoms. The zero-order valence-corrected chi connectivity index (χ0v) is 11.8. The molecule has 0 aliphatic rings. The quantitative estimate of drug-likeness (QED) is 0.238. The van der Waals surface area contributed by atoms with Crippen LogP contribution < -0.4 is 0 Å². The summed E-state index contributed by atoms with van der Waals surface area (Å²) in [7, 11) is 2.78. The van der Waals surface area contributed by atoms with Crippen molar-refractivity contribution in [1.29, 1.82) is 0 Å². The van der Waals surface area contributed by atoms with Gasteiger partial charge in [-0.05, 0) is 13.2 Å². The molecule has 0 aliphatic heterocycles. The van der Waals surface area contributed by atoms with E-state index >= 15 is 0 Å². The number of methoxy groups -OCH3 is 1. The molecule has 0 aliphatic carbocycles. The van der Waals surface area contributed by atoms with E-state index in [-0.39, 0.29) is 6.61 Å². The third-order valence-electron chi connectivity index (χ3n) is 1.50. The Kier molecular flexibility index (Phi) is 9.04. The van der Waals surface area contributed by atoms with E-state index in [0.29, 0.717) is 11.7 Å². The van der Waals surface area contributed by atoms with Crippen molar-refractivity contribution >= 4 is 34.2 Å². The third-order valence-corrected chi connectivity index (χ3v) is 3.13. The molecule has 100 valence electrons. The molecular formula is C8H16N2O5S2. The largest absolute Gasteiger partial charge is 0.449 e. The number of ether oxygens (including phenoxy) is 1. The first-order valence-corrected chi connectivity index (χ1v) is 6.86. The fourth-order valence-electron chi connectivity index (χ4n) is 0.527. The highest BCUT2D eigenvalue weighted by Crippen LogP contribution is 2.01. The van der Waals surface area contributed by atoms with Crippen LogP contribution in [0.25, 0.3) is 0 Å². The predicted octanol–water partition coefficient (Wildman–Crippen LogP) is 0.993. The topological polar surface area (TPSA) is 77.4 Å². The van der Waals surface area contributed by atoms with E-state index in [0.717, 1.165) is 4.31 Å². The van der Waals surface area contributed by atoms with E-state index in [9.17, 15) is 9.00 Å². The summed E-state index contributed by atoms with van der Waals surface area (Å²) in [4.78, 5) is 15.9. The highest BCUT2D eigenvalue weighted by molar-refractivity contribution is 8.13. The van der Waals surface area contributed by atoms with Crippen molar-refractivity contribution in [3.63, 3.8) is 0 Å². The molecule has 1 atom stereocenters. The van der Waals surface area contributed by atoms with Crippen LogP contribution in [-0.2, 0) is 25.0 Å². The fourth-order valence-corrected chi connectivity index (χ4v) is 1.16. The van der Waals surface area contributed by atoms with Gasteiger partial charge in [0.15, 0.2) is 0 Å². The Bertz CT molecular complexity index is 298. The number of carbonyl (C=O) groups is 1. The Hall–Kier alpha value is -0.640. The maximum Gasteiger partial charge on any atom is 0.449 e. The Morgan fingerprint density at radius 2 is 2.12 bits per heavy atom. The number of hydrogen-bond donors (Lipinski definition) is 0. The molecule has 1 amide bonds. The summed E-state index contributed by atoms with van der Waals surface area (Å²) in [6, 6.07) is 0. The van der Waals surface area contributed by atoms with Gasteiger partial charge in [0.05, 0.1) is 13.2 Å². The minimum atomic E-state index is -1.91. The number of amides is 1. The minimum Gasteiger partial charge on any atom is -0.382 e. The van der Waals surface area contributed by atoms with E-state index in [1.165, 1.54) is 25.9 Å². The molecule has 0 fully saturated rings. The molecule has 0 heterocycles. The lowest BCUT2D eigenvalue weighted by molar-refractivity contribution is 0.127. The van der Waals surface area contributed by atoms with Crippen LogP contribution in [0.1, 0.15) is 6.92 Å². The van der Waals surface area contributed by atoms with Gasteiger partial charge in [0, 0.05) is 14.2 Å². The van der Waals surface area contributed by atoms with Crippen molar-refractivity contribution in [1.82, 2.24) is 4.31 Å². The maximum atomic E-state index is 11.4. The first-order chi connectivity index (χ1) is 8.02. The first-order valence-electron chi connectivity index (χ1n) is 4.60. The molecule has 7 nitrogen and oxygen atoms in total. The van der Waals surface area contributed by atoms with E-state index in [1.807, 2.05) is 0 Å². The zero-order valence-electron chi connectivity index (χ0n) is 10.2. The smallest absolute Gasteiger partial charge is 0.382 e. The van der Waals surface area contributed by atoms with E-state index in [1.54, 1.807) is 13.2 Å². The zero-order chi connectivity index (χ0) is 13.3. The van der Waals surface area contributed by atoms with Crippen molar-refractivity contribution in [3.8, 4) is 0 Å². The molecule has 0 aromatic carbocycles. The van der Waals surface area contributed by atoms with Gasteiger partial charge in [0.1, 0.15) is 5.04 Å². The summed E-state index contributed by atoms with van der Waals surface area (Å²) in [6.45, 7) is 2.09. The van der Waals surface area contributed by atoms with Crippen LogP contribution >= 0.6 is 11.8 Å². The molecule has 0 aromatic heterocycles. The molecule has 1 unspecified atom stereocenters. The number of oxime groups is 1. The second-order valence-corrected chi connectivity index (χ2v) is 4.92. The molecule has 0 saturated heterocycles. The SMILES string of the molecule is COCCOS(=O)N(C)C(=O)ON=C(C)SC. The summed E-state index contributed by atoms with van der Waals surface area (Å²) >= 11 is -0.576. The van der Waals surface area contributed by atoms with Crippen molar-refractivity contribution < 1.29 is 22.8 Å². The lowest BCUT2D eigenvalue weighted by atomic mass is 10.8. The second-order valence-electron chi connectivity index (χ2n) is 2.70. The van der Waals surface area contributed by atoms with Gasteiger partial charge in [0.25, 0.3) is 11.3 Å². The average Bonchev–Trinajstić information content (AvgIpc) is 2.34. The van der Waals surface area contributed by atoms with Crippen LogP contribution in [-0.4, -0.2) is 53.3 Å². The van der Waals surface area contributed by atoms with Crippen molar-refractivity contribution in [2.75, 3.05) is 33.6 Å². The van der Waals surface area contributed by atoms with Crippen LogP contribution in [0.5, 0.6) is 0 Å². The molecule has 0 spiro atoms. The number of rotatable bonds is 6. The number of hydrogen-bond acceptors (Lipinski definition) is 7. The highest BCUT2D eigenvalue weighted by Gasteiger charge is 2.18. The predicted molar refractivity (Wildman–Crippen MR) is 66.8 cm³/mol. The van der Waals surface area contributed by atoms with E-state index in [4.69, 9.17) is 8.92 Å². The van der Waals surface area contributed by atoms with Gasteiger partial charge in [-0.1, -0.05) is 5.16 Å². The Labute approximate surface area is 107 Å². The maximum absolute atomic E-state index is 11.4. The molecule has 0 rings (SSSR count). The van der Waals surface area contributed by atoms with Gasteiger partial charge in [-0.25, -0.2) is 13.3 Å². The van der Waals surface area contributed by atoms with Crippen LogP contribution in [0.2, 0.25) is 0 Å². The van der Waals surface area contributed by atoms with Crippen molar-refractivity contribution in [2.24, 2.45) is 5.16 Å². The van der Waals surface area contributed by atoms with Gasteiger partial charge in [0.2, 0.25) is 0 Å². The molecule has 9 heteroatoms. The Balaban J connectivity index is 4.07. The average molecular weight is 284 g/mol. The summed E-state index contributed by atoms with van der Waals surface area (Å²) in [5.41, 5.74) is 0. The molecule has 0 radical (unpaired) electrons. The molecule has 0 saturated carbocycles. The van der Waals surface area contributed by atoms with Gasteiger partial charge in [-0.15, -0.1) is 11.8 Å². The number of carbonyl (C=O) groups excluding carboxylic acids is 1. The first kappa shape index (κ1) is 16.4. The Morgan fingerprint density at radius 1 is 1.47 bits per heavy atom. The monoisotopic (exact) mass is 284 g/mol. The summed E-state index contributed by atoms with van der Waals surface area (Å²) in [5, 5.41) is 4.10. The molecule has 0 aromatic rings. The van der Waals surface area contributed by atoms with Crippen LogP contribution in [0, 0.1) is 0 Å². The lowest BCUT2D eigenvalue weighted by Crippen LogP contribution is -2.30. The number of nitrogens with zero attached hydrogens (tertiary/aromatic N) is 2. The van der Waals surface area contributed by atoms with Crippen molar-refractivity contribution in [2.45, 2.75) is 6.92 Å². The van der Waals surface area contributed by atoms with Gasteiger partial charge >= 0.3 is 6.09 Å². The standard InChI is InChI=1S/C8H16N2O5S2/c1-7(16-4)9-15-8(11)10(2)17(12)14-6-5-13-3/h5-6H2,1-4H3. The van der Waals surface area contributed by atoms with Crippen LogP contribution in [0.15, 0.2) is 5.16 Å². The van der Waals surface area contributed by atoms with Gasteiger partial charge in [-0.3, -0.25) is 9.02 Å². The normalized spacial score (nSPS) is 13.3. The van der Waals surface area contributed by atoms with Crippen LogP contribution in [0.4, 0.5) is 4.79 Å². The van der Waals surface area contributed by atoms with Gasteiger partial charge < -0.3 is 4.74 Å². The molecular weight excluding hydrogens is 268 g/mol. The van der Waals surface area contributed by atoms with Crippen LogP contribution in [0.3, 0.4) is 0 Å². The van der Waals surface area contributed by atoms with E-state index in [2.05, 4.69) is 9.99 Å². The Morgan fingerprint density at radius 3 is 2.65 bits per heavy atom. The van der Waals surface area contributed by atoms with Gasteiger partial charge in [-0.2, -0.15) is 0 Å². The molecule has 17 heavy (non-hydrogen) atoms. The summed E-state index contributed by atoms with van der Waals surface area (Å²) < 4.78 is 21.7. The summed E-state index contributed by atoms with van der Waals surface area (Å²) in [5.74, 6) is 0. The number of thioether (sulfide) groups is 1. The highest BCUT2D eigenvalue weighted by atomic mass is 32.2. The van der Waals surface area contributed by atoms with E-state index < -0.39 is 17.4 Å². The second kappa shape index (κ2) is 9.40. The molecule has 0 N–H and O–H groups in total. The minimum absolute atomic E-state index is 0.119. The summed E-state index contributed by atoms with van der Waals surface area (Å²) in [6.07, 6.45) is 0.941.